The van der Waals surface area contributed by atoms with Gasteiger partial charge in [-0.3, -0.25) is 4.79 Å². The van der Waals surface area contributed by atoms with E-state index in [0.717, 1.165) is 21.7 Å². The quantitative estimate of drug-likeness (QED) is 0.408. The minimum atomic E-state index is -0.440. The predicted molar refractivity (Wildman–Crippen MR) is 109 cm³/mol. The molecular formula is C23H18N2O2. The molecule has 0 saturated heterocycles. The van der Waals surface area contributed by atoms with Gasteiger partial charge in [0.25, 0.3) is 5.91 Å². The van der Waals surface area contributed by atoms with E-state index < -0.39 is 5.91 Å². The van der Waals surface area contributed by atoms with Gasteiger partial charge in [0.2, 0.25) is 0 Å². The van der Waals surface area contributed by atoms with Crippen molar-refractivity contribution in [2.24, 2.45) is 5.10 Å². The first-order valence-electron chi connectivity index (χ1n) is 8.68. The normalized spacial score (nSPS) is 11.7. The summed E-state index contributed by atoms with van der Waals surface area (Å²) in [5, 5.41) is 18.2. The van der Waals surface area contributed by atoms with Crippen LogP contribution in [-0.4, -0.2) is 16.7 Å². The van der Waals surface area contributed by atoms with Gasteiger partial charge in [-0.25, -0.2) is 5.43 Å². The number of nitrogens with one attached hydrogen (secondary N) is 1. The fourth-order valence-corrected chi connectivity index (χ4v) is 3.17. The minimum Gasteiger partial charge on any atom is -0.507 e. The number of benzene rings is 4. The lowest BCUT2D eigenvalue weighted by Gasteiger charge is -2.08. The van der Waals surface area contributed by atoms with E-state index in [1.54, 1.807) is 6.07 Å². The van der Waals surface area contributed by atoms with Gasteiger partial charge in [0.1, 0.15) is 5.75 Å². The molecule has 4 rings (SSSR count). The summed E-state index contributed by atoms with van der Waals surface area (Å²) in [5.41, 5.74) is 4.41. The number of amides is 1. The maximum Gasteiger partial charge on any atom is 0.275 e. The number of rotatable bonds is 3. The second kappa shape index (κ2) is 6.92. The largest absolute Gasteiger partial charge is 0.507 e. The Morgan fingerprint density at radius 1 is 0.852 bits per heavy atom. The number of hydrogen-bond acceptors (Lipinski definition) is 3. The van der Waals surface area contributed by atoms with Crippen LogP contribution in [0.4, 0.5) is 0 Å². The van der Waals surface area contributed by atoms with Crippen molar-refractivity contribution in [3.8, 4) is 5.75 Å². The first kappa shape index (κ1) is 16.8. The molecule has 4 heteroatoms. The SMILES string of the molecule is C/C(=N/NC(=O)c1c(O)ccc2ccccc12)c1ccc2ccccc2c1. The van der Waals surface area contributed by atoms with E-state index in [2.05, 4.69) is 16.6 Å². The Labute approximate surface area is 156 Å². The molecule has 0 bridgehead atoms. The Morgan fingerprint density at radius 3 is 2.33 bits per heavy atom. The first-order valence-corrected chi connectivity index (χ1v) is 8.68. The van der Waals surface area contributed by atoms with Crippen molar-refractivity contribution >= 4 is 33.2 Å². The lowest BCUT2D eigenvalue weighted by atomic mass is 10.0. The zero-order chi connectivity index (χ0) is 18.8. The summed E-state index contributed by atoms with van der Waals surface area (Å²) in [5.74, 6) is -0.505. The third-order valence-corrected chi connectivity index (χ3v) is 4.63. The highest BCUT2D eigenvalue weighted by atomic mass is 16.3. The van der Waals surface area contributed by atoms with E-state index >= 15 is 0 Å². The third kappa shape index (κ3) is 3.25. The average molecular weight is 354 g/mol. The molecule has 0 heterocycles. The second-order valence-electron chi connectivity index (χ2n) is 6.38. The average Bonchev–Trinajstić information content (AvgIpc) is 2.71. The number of phenols is 1. The van der Waals surface area contributed by atoms with Crippen molar-refractivity contribution in [1.82, 2.24) is 5.43 Å². The van der Waals surface area contributed by atoms with Crippen LogP contribution in [0.2, 0.25) is 0 Å². The molecule has 27 heavy (non-hydrogen) atoms. The zero-order valence-corrected chi connectivity index (χ0v) is 14.8. The van der Waals surface area contributed by atoms with Gasteiger partial charge in [-0.15, -0.1) is 0 Å². The van der Waals surface area contributed by atoms with Crippen LogP contribution in [0.15, 0.2) is 84.0 Å². The highest BCUT2D eigenvalue weighted by Gasteiger charge is 2.15. The molecule has 4 aromatic rings. The summed E-state index contributed by atoms with van der Waals surface area (Å²) in [4.78, 5) is 12.6. The van der Waals surface area contributed by atoms with E-state index in [4.69, 9.17) is 0 Å². The molecule has 0 aromatic heterocycles. The van der Waals surface area contributed by atoms with Crippen molar-refractivity contribution in [3.05, 3.63) is 90.0 Å². The van der Waals surface area contributed by atoms with E-state index in [0.29, 0.717) is 11.1 Å². The zero-order valence-electron chi connectivity index (χ0n) is 14.8. The molecule has 4 nitrogen and oxygen atoms in total. The van der Waals surface area contributed by atoms with Gasteiger partial charge < -0.3 is 5.11 Å². The Balaban J connectivity index is 1.64. The molecule has 2 N–H and O–H groups in total. The monoisotopic (exact) mass is 354 g/mol. The standard InChI is InChI=1S/C23H18N2O2/c1-15(18-11-10-16-6-2-3-8-19(16)14-18)24-25-23(27)22-20-9-5-4-7-17(20)12-13-21(22)26/h2-14,26H,1H3,(H,25,27)/b24-15-. The molecule has 0 aliphatic rings. The van der Waals surface area contributed by atoms with Crippen LogP contribution in [0.1, 0.15) is 22.8 Å². The molecular weight excluding hydrogens is 336 g/mol. The molecule has 0 fully saturated rings. The topological polar surface area (TPSA) is 61.7 Å². The van der Waals surface area contributed by atoms with Crippen LogP contribution in [0.3, 0.4) is 0 Å². The molecule has 4 aromatic carbocycles. The number of carbonyl (C=O) groups excluding carboxylic acids is 1. The summed E-state index contributed by atoms with van der Waals surface area (Å²) >= 11 is 0. The number of hydrazone groups is 1. The third-order valence-electron chi connectivity index (χ3n) is 4.63. The number of fused-ring (bicyclic) bond motifs is 2. The van der Waals surface area contributed by atoms with Gasteiger partial charge in [0.15, 0.2) is 0 Å². The summed E-state index contributed by atoms with van der Waals surface area (Å²) in [6.45, 7) is 1.84. The number of phenolic OH excluding ortho intramolecular Hbond substituents is 1. The number of aromatic hydroxyl groups is 1. The highest BCUT2D eigenvalue weighted by molar-refractivity contribution is 6.10. The van der Waals surface area contributed by atoms with Crippen molar-refractivity contribution in [3.63, 3.8) is 0 Å². The number of nitrogens with zero attached hydrogens (tertiary/aromatic N) is 1. The van der Waals surface area contributed by atoms with E-state index in [1.807, 2.05) is 67.6 Å². The summed E-state index contributed by atoms with van der Waals surface area (Å²) < 4.78 is 0. The second-order valence-corrected chi connectivity index (χ2v) is 6.38. The van der Waals surface area contributed by atoms with Gasteiger partial charge in [0.05, 0.1) is 11.3 Å². The molecule has 132 valence electrons. The van der Waals surface area contributed by atoms with E-state index in [1.165, 1.54) is 6.07 Å². The fraction of sp³-hybridized carbons (Fsp3) is 0.0435. The summed E-state index contributed by atoms with van der Waals surface area (Å²) in [6, 6.07) is 24.9. The van der Waals surface area contributed by atoms with Crippen LogP contribution in [0, 0.1) is 0 Å². The van der Waals surface area contributed by atoms with Gasteiger partial charge in [-0.1, -0.05) is 66.7 Å². The van der Waals surface area contributed by atoms with Gasteiger partial charge in [-0.2, -0.15) is 5.10 Å². The molecule has 0 atom stereocenters. The Kier molecular flexibility index (Phi) is 4.30. The van der Waals surface area contributed by atoms with Crippen LogP contribution in [0.5, 0.6) is 5.75 Å². The molecule has 1 amide bonds. The maximum absolute atomic E-state index is 12.6. The lowest BCUT2D eigenvalue weighted by molar-refractivity contribution is 0.0954. The lowest BCUT2D eigenvalue weighted by Crippen LogP contribution is -2.19. The minimum absolute atomic E-state index is 0.0650. The molecule has 0 saturated carbocycles. The summed E-state index contributed by atoms with van der Waals surface area (Å²) in [7, 11) is 0. The number of hydrogen-bond donors (Lipinski definition) is 2. The van der Waals surface area contributed by atoms with Crippen LogP contribution in [-0.2, 0) is 0 Å². The molecule has 0 unspecified atom stereocenters. The van der Waals surface area contributed by atoms with E-state index in [9.17, 15) is 9.90 Å². The van der Waals surface area contributed by atoms with Crippen LogP contribution >= 0.6 is 0 Å². The molecule has 0 aliphatic carbocycles. The van der Waals surface area contributed by atoms with Crippen molar-refractivity contribution in [1.29, 1.82) is 0 Å². The Bertz CT molecular complexity index is 1200. The van der Waals surface area contributed by atoms with Crippen molar-refractivity contribution < 1.29 is 9.90 Å². The Hall–Kier alpha value is -3.66. The molecule has 0 radical (unpaired) electrons. The van der Waals surface area contributed by atoms with Crippen LogP contribution in [0.25, 0.3) is 21.5 Å². The predicted octanol–water partition coefficient (Wildman–Crippen LogP) is 4.85. The number of carbonyl (C=O) groups is 1. The summed E-state index contributed by atoms with van der Waals surface area (Å²) in [6.07, 6.45) is 0. The van der Waals surface area contributed by atoms with E-state index in [-0.39, 0.29) is 11.3 Å². The van der Waals surface area contributed by atoms with Crippen molar-refractivity contribution in [2.75, 3.05) is 0 Å². The fourth-order valence-electron chi connectivity index (χ4n) is 3.17. The van der Waals surface area contributed by atoms with Gasteiger partial charge in [0, 0.05) is 0 Å². The smallest absolute Gasteiger partial charge is 0.275 e. The maximum atomic E-state index is 12.6. The van der Waals surface area contributed by atoms with Gasteiger partial charge in [-0.05, 0) is 46.2 Å². The highest BCUT2D eigenvalue weighted by Crippen LogP contribution is 2.27. The molecule has 0 spiro atoms. The van der Waals surface area contributed by atoms with Gasteiger partial charge >= 0.3 is 0 Å². The first-order chi connectivity index (χ1) is 13.1. The Morgan fingerprint density at radius 2 is 1.52 bits per heavy atom. The molecule has 0 aliphatic heterocycles. The van der Waals surface area contributed by atoms with Crippen LogP contribution < -0.4 is 5.43 Å². The van der Waals surface area contributed by atoms with Crippen molar-refractivity contribution in [2.45, 2.75) is 6.92 Å².